The van der Waals surface area contributed by atoms with E-state index in [4.69, 9.17) is 4.42 Å². The number of fused-ring (bicyclic) bond motifs is 1. The lowest BCUT2D eigenvalue weighted by molar-refractivity contribution is -0.124. The maximum atomic E-state index is 12.6. The summed E-state index contributed by atoms with van der Waals surface area (Å²) in [5.74, 6) is -1.19. The van der Waals surface area contributed by atoms with Gasteiger partial charge in [-0.05, 0) is 24.5 Å². The van der Waals surface area contributed by atoms with Crippen LogP contribution in [0, 0.1) is 12.8 Å². The van der Waals surface area contributed by atoms with Crippen LogP contribution in [0.4, 0.5) is 4.79 Å². The van der Waals surface area contributed by atoms with Crippen LogP contribution >= 0.6 is 0 Å². The number of para-hydroxylation sites is 1. The first-order valence-corrected chi connectivity index (χ1v) is 10.0. The Hall–Kier alpha value is -3.81. The fourth-order valence-corrected chi connectivity index (χ4v) is 3.15. The number of furan rings is 1. The Balaban J connectivity index is 1.56. The summed E-state index contributed by atoms with van der Waals surface area (Å²) < 4.78 is 5.60. The highest BCUT2D eigenvalue weighted by molar-refractivity contribution is 6.00. The molecule has 0 saturated heterocycles. The smallest absolute Gasteiger partial charge is 0.315 e. The SMILES string of the molecule is Cc1c(C(=O)NNC(=O)C(NC(=O)NCc2ccccc2)C(C)C)oc2ccccc12. The molecule has 0 saturated carbocycles. The first-order chi connectivity index (χ1) is 14.9. The van der Waals surface area contributed by atoms with Crippen molar-refractivity contribution < 1.29 is 18.8 Å². The molecule has 1 aromatic heterocycles. The lowest BCUT2D eigenvalue weighted by Gasteiger charge is -2.22. The van der Waals surface area contributed by atoms with Gasteiger partial charge in [-0.15, -0.1) is 0 Å². The largest absolute Gasteiger partial charge is 0.451 e. The van der Waals surface area contributed by atoms with Crippen molar-refractivity contribution in [3.8, 4) is 0 Å². The molecule has 2 aromatic carbocycles. The molecule has 162 valence electrons. The lowest BCUT2D eigenvalue weighted by Crippen LogP contribution is -2.56. The molecule has 1 unspecified atom stereocenters. The van der Waals surface area contributed by atoms with E-state index in [-0.39, 0.29) is 11.7 Å². The van der Waals surface area contributed by atoms with Crippen LogP contribution in [0.3, 0.4) is 0 Å². The van der Waals surface area contributed by atoms with Crippen LogP contribution in [0.25, 0.3) is 11.0 Å². The van der Waals surface area contributed by atoms with Crippen molar-refractivity contribution in [3.63, 3.8) is 0 Å². The number of nitrogens with one attached hydrogen (secondary N) is 4. The van der Waals surface area contributed by atoms with E-state index in [9.17, 15) is 14.4 Å². The number of rotatable bonds is 6. The lowest BCUT2D eigenvalue weighted by atomic mass is 10.0. The quantitative estimate of drug-likeness (QED) is 0.457. The molecule has 3 rings (SSSR count). The Bertz CT molecular complexity index is 1080. The highest BCUT2D eigenvalue weighted by Crippen LogP contribution is 2.24. The fraction of sp³-hybridized carbons (Fsp3) is 0.261. The minimum absolute atomic E-state index is 0.121. The summed E-state index contributed by atoms with van der Waals surface area (Å²) in [5, 5.41) is 6.20. The van der Waals surface area contributed by atoms with Gasteiger partial charge in [0.05, 0.1) is 0 Å². The Labute approximate surface area is 180 Å². The van der Waals surface area contributed by atoms with Crippen LogP contribution in [-0.2, 0) is 11.3 Å². The van der Waals surface area contributed by atoms with E-state index in [2.05, 4.69) is 21.5 Å². The number of hydrogen-bond donors (Lipinski definition) is 4. The third-order valence-electron chi connectivity index (χ3n) is 4.88. The molecule has 0 aliphatic heterocycles. The van der Waals surface area contributed by atoms with Gasteiger partial charge >= 0.3 is 11.9 Å². The van der Waals surface area contributed by atoms with Crippen molar-refractivity contribution >= 4 is 28.8 Å². The highest BCUT2D eigenvalue weighted by Gasteiger charge is 2.25. The van der Waals surface area contributed by atoms with Gasteiger partial charge in [-0.2, -0.15) is 0 Å². The van der Waals surface area contributed by atoms with Gasteiger partial charge in [0.1, 0.15) is 11.6 Å². The van der Waals surface area contributed by atoms with Crippen molar-refractivity contribution in [3.05, 3.63) is 71.5 Å². The second-order valence-electron chi connectivity index (χ2n) is 7.53. The van der Waals surface area contributed by atoms with Crippen LogP contribution in [0.2, 0.25) is 0 Å². The number of aryl methyl sites for hydroxylation is 1. The molecule has 31 heavy (non-hydrogen) atoms. The molecule has 0 fully saturated rings. The Morgan fingerprint density at radius 1 is 0.935 bits per heavy atom. The van der Waals surface area contributed by atoms with Gasteiger partial charge in [-0.3, -0.25) is 20.4 Å². The van der Waals surface area contributed by atoms with Gasteiger partial charge in [0.25, 0.3) is 5.91 Å². The zero-order valence-electron chi connectivity index (χ0n) is 17.7. The summed E-state index contributed by atoms with van der Waals surface area (Å²) in [7, 11) is 0. The van der Waals surface area contributed by atoms with Crippen LogP contribution in [-0.4, -0.2) is 23.9 Å². The second-order valence-corrected chi connectivity index (χ2v) is 7.53. The standard InChI is InChI=1S/C23H26N4O4/c1-14(2)19(25-23(30)24-13-16-9-5-4-6-10-16)21(28)26-27-22(29)20-15(3)17-11-7-8-12-18(17)31-20/h4-12,14,19H,13H2,1-3H3,(H,26,28)(H,27,29)(H2,24,25,30). The first-order valence-electron chi connectivity index (χ1n) is 10.0. The molecule has 0 aliphatic rings. The highest BCUT2D eigenvalue weighted by atomic mass is 16.3. The fourth-order valence-electron chi connectivity index (χ4n) is 3.15. The molecule has 8 heteroatoms. The average molecular weight is 422 g/mol. The summed E-state index contributed by atoms with van der Waals surface area (Å²) in [6.45, 7) is 5.71. The second kappa shape index (κ2) is 9.80. The molecule has 4 N–H and O–H groups in total. The Morgan fingerprint density at radius 2 is 1.61 bits per heavy atom. The molecule has 3 aromatic rings. The summed E-state index contributed by atoms with van der Waals surface area (Å²) in [6.07, 6.45) is 0. The molecular formula is C23H26N4O4. The van der Waals surface area contributed by atoms with E-state index < -0.39 is 23.9 Å². The average Bonchev–Trinajstić information content (AvgIpc) is 3.11. The number of urea groups is 1. The molecule has 1 heterocycles. The maximum absolute atomic E-state index is 12.6. The van der Waals surface area contributed by atoms with E-state index in [1.165, 1.54) is 0 Å². The number of amides is 4. The Kier molecular flexibility index (Phi) is 6.92. The minimum Gasteiger partial charge on any atom is -0.451 e. The van der Waals surface area contributed by atoms with Crippen molar-refractivity contribution in [2.45, 2.75) is 33.4 Å². The van der Waals surface area contributed by atoms with Gasteiger partial charge in [-0.1, -0.05) is 62.4 Å². The zero-order valence-corrected chi connectivity index (χ0v) is 17.7. The van der Waals surface area contributed by atoms with Crippen LogP contribution in [0.1, 0.15) is 35.5 Å². The van der Waals surface area contributed by atoms with Crippen molar-refractivity contribution in [2.24, 2.45) is 5.92 Å². The molecular weight excluding hydrogens is 396 g/mol. The van der Waals surface area contributed by atoms with Crippen molar-refractivity contribution in [1.29, 1.82) is 0 Å². The van der Waals surface area contributed by atoms with E-state index in [0.29, 0.717) is 17.7 Å². The minimum atomic E-state index is -0.840. The van der Waals surface area contributed by atoms with Gasteiger partial charge in [0.2, 0.25) is 0 Å². The number of carbonyl (C=O) groups is 3. The predicted molar refractivity (Wildman–Crippen MR) is 117 cm³/mol. The normalized spacial score (nSPS) is 11.7. The maximum Gasteiger partial charge on any atom is 0.315 e. The third-order valence-corrected chi connectivity index (χ3v) is 4.88. The van der Waals surface area contributed by atoms with Crippen molar-refractivity contribution in [1.82, 2.24) is 21.5 Å². The van der Waals surface area contributed by atoms with Gasteiger partial charge in [0.15, 0.2) is 5.76 Å². The number of carbonyl (C=O) groups excluding carboxylic acids is 3. The summed E-state index contributed by atoms with van der Waals surface area (Å²) in [6, 6.07) is 15.4. The molecule has 8 nitrogen and oxygen atoms in total. The van der Waals surface area contributed by atoms with E-state index in [1.54, 1.807) is 26.8 Å². The first kappa shape index (κ1) is 21.9. The Morgan fingerprint density at radius 3 is 2.29 bits per heavy atom. The molecule has 0 aliphatic carbocycles. The summed E-state index contributed by atoms with van der Waals surface area (Å²) >= 11 is 0. The van der Waals surface area contributed by atoms with Crippen molar-refractivity contribution in [2.75, 3.05) is 0 Å². The number of hydrogen-bond acceptors (Lipinski definition) is 4. The predicted octanol–water partition coefficient (Wildman–Crippen LogP) is 3.03. The van der Waals surface area contributed by atoms with Crippen LogP contribution < -0.4 is 21.5 Å². The van der Waals surface area contributed by atoms with E-state index >= 15 is 0 Å². The van der Waals surface area contributed by atoms with E-state index in [0.717, 1.165) is 10.9 Å². The summed E-state index contributed by atoms with van der Waals surface area (Å²) in [4.78, 5) is 37.3. The van der Waals surface area contributed by atoms with Crippen LogP contribution in [0.5, 0.6) is 0 Å². The molecule has 4 amide bonds. The van der Waals surface area contributed by atoms with Gasteiger partial charge in [-0.25, -0.2) is 4.79 Å². The molecule has 0 radical (unpaired) electrons. The molecule has 0 bridgehead atoms. The van der Waals surface area contributed by atoms with E-state index in [1.807, 2.05) is 48.5 Å². The number of benzene rings is 2. The zero-order chi connectivity index (χ0) is 22.4. The summed E-state index contributed by atoms with van der Waals surface area (Å²) in [5.41, 5.74) is 6.95. The van der Waals surface area contributed by atoms with Gasteiger partial charge < -0.3 is 15.1 Å². The topological polar surface area (TPSA) is 112 Å². The third kappa shape index (κ3) is 5.42. The van der Waals surface area contributed by atoms with Crippen LogP contribution in [0.15, 0.2) is 59.0 Å². The number of hydrazine groups is 1. The molecule has 1 atom stereocenters. The molecule has 0 spiro atoms. The monoisotopic (exact) mass is 422 g/mol. The van der Waals surface area contributed by atoms with Gasteiger partial charge in [0, 0.05) is 17.5 Å².